The van der Waals surface area contributed by atoms with Crippen LogP contribution in [0.4, 0.5) is 5.13 Å². The number of pyridine rings is 2. The maximum atomic E-state index is 12.6. The van der Waals surface area contributed by atoms with Crippen molar-refractivity contribution in [3.63, 3.8) is 0 Å². The van der Waals surface area contributed by atoms with E-state index in [1.807, 2.05) is 59.8 Å². The minimum Gasteiger partial charge on any atom is -0.494 e. The van der Waals surface area contributed by atoms with Crippen LogP contribution in [-0.4, -0.2) is 33.2 Å². The molecule has 1 amide bonds. The van der Waals surface area contributed by atoms with Crippen molar-refractivity contribution in [1.29, 1.82) is 5.26 Å². The number of anilines is 1. The number of hydrogen-bond donors (Lipinski definition) is 1. The Morgan fingerprint density at radius 1 is 1.27 bits per heavy atom. The number of allylic oxidation sites excluding steroid dienone is 4. The van der Waals surface area contributed by atoms with Gasteiger partial charge < -0.3 is 17.0 Å². The number of carbonyl (C=O) groups is 1. The fourth-order valence-corrected chi connectivity index (χ4v) is 3.61. The van der Waals surface area contributed by atoms with E-state index in [0.717, 1.165) is 29.0 Å². The van der Waals surface area contributed by atoms with Crippen LogP contribution in [0.1, 0.15) is 57.1 Å². The summed E-state index contributed by atoms with van der Waals surface area (Å²) in [5.41, 5.74) is 5.63. The zero-order valence-electron chi connectivity index (χ0n) is 24.4. The Labute approximate surface area is 277 Å². The van der Waals surface area contributed by atoms with Gasteiger partial charge in [-0.05, 0) is 45.4 Å². The third-order valence-electron chi connectivity index (χ3n) is 4.95. The summed E-state index contributed by atoms with van der Waals surface area (Å²) in [5.74, 6) is 0.140. The Morgan fingerprint density at radius 2 is 1.93 bits per heavy atom. The first-order chi connectivity index (χ1) is 19.2. The number of carbonyl (C=O) groups excluding carboxylic acids is 1. The molecule has 0 spiro atoms. The van der Waals surface area contributed by atoms with E-state index in [-0.39, 0.29) is 42.4 Å². The van der Waals surface area contributed by atoms with Crippen LogP contribution in [0.3, 0.4) is 0 Å². The van der Waals surface area contributed by atoms with Crippen molar-refractivity contribution >= 4 is 34.0 Å². The monoisotopic (exact) mass is 816 g/mol. The number of aryl methyl sites for hydroxylation is 1. The number of terminal acetylenes is 1. The number of rotatable bonds is 7. The fraction of sp³-hybridized carbons (Fsp3) is 0.300. The van der Waals surface area contributed by atoms with Crippen molar-refractivity contribution < 1.29 is 40.6 Å². The summed E-state index contributed by atoms with van der Waals surface area (Å²) >= 11 is 7.11. The van der Waals surface area contributed by atoms with Crippen molar-refractivity contribution in [2.24, 2.45) is 5.41 Å². The van der Waals surface area contributed by atoms with Gasteiger partial charge in [0.2, 0.25) is 5.91 Å². The Balaban J connectivity index is 0. The van der Waals surface area contributed by atoms with Crippen LogP contribution in [0.2, 0.25) is 5.15 Å². The number of nitriles is 1. The molecule has 8 nitrogen and oxygen atoms in total. The van der Waals surface area contributed by atoms with Gasteiger partial charge >= 0.3 is 31.1 Å². The topological polar surface area (TPSA) is 114 Å². The molecule has 214 valence electrons. The summed E-state index contributed by atoms with van der Waals surface area (Å²) in [6.07, 6.45) is 17.7. The van der Waals surface area contributed by atoms with Crippen LogP contribution in [0.15, 0.2) is 48.3 Å². The molecule has 0 saturated heterocycles. The van der Waals surface area contributed by atoms with Crippen molar-refractivity contribution in [1.82, 2.24) is 20.2 Å². The van der Waals surface area contributed by atoms with Gasteiger partial charge in [-0.3, -0.25) is 26.2 Å². The molecule has 0 unspecified atom stereocenters. The number of aromatic nitrogens is 4. The van der Waals surface area contributed by atoms with Crippen LogP contribution < -0.4 is 10.1 Å². The second-order valence-corrected chi connectivity index (χ2v) is 9.06. The molecule has 41 heavy (non-hydrogen) atoms. The predicted molar refractivity (Wildman–Crippen MR) is 164 cm³/mol. The van der Waals surface area contributed by atoms with Gasteiger partial charge in [0, 0.05) is 23.0 Å². The Morgan fingerprint density at radius 3 is 2.44 bits per heavy atom. The van der Waals surface area contributed by atoms with Crippen LogP contribution in [0, 0.1) is 80.1 Å². The van der Waals surface area contributed by atoms with E-state index in [4.69, 9.17) is 21.6 Å². The fourth-order valence-electron chi connectivity index (χ4n) is 3.06. The Hall–Kier alpha value is -3.00. The number of methoxy groups -OCH3 is 1. The van der Waals surface area contributed by atoms with Gasteiger partial charge in [-0.15, -0.1) is 18.9 Å². The summed E-state index contributed by atoms with van der Waals surface area (Å²) in [6, 6.07) is 5.69. The van der Waals surface area contributed by atoms with Gasteiger partial charge in [0.05, 0.1) is 35.5 Å². The van der Waals surface area contributed by atoms with E-state index < -0.39 is 0 Å². The zero-order chi connectivity index (χ0) is 30.7. The van der Waals surface area contributed by atoms with E-state index in [2.05, 4.69) is 56.8 Å². The van der Waals surface area contributed by atoms with Crippen LogP contribution in [-0.2, 0) is 0 Å². The third-order valence-corrected chi connectivity index (χ3v) is 5.71. The molecule has 3 aromatic heterocycles. The molecule has 1 N–H and O–H groups in total. The average molecular weight is 817 g/mol. The van der Waals surface area contributed by atoms with E-state index in [1.54, 1.807) is 12.1 Å². The minimum absolute atomic E-state index is 0. The molecule has 0 radical (unpaired) electrons. The average Bonchev–Trinajstić information content (AvgIpc) is 3.48. The molecule has 11 heteroatoms. The standard InChI is InChI=1S/C15H11ClN5O2S.C11H16N.C2H6.C2H2.U/c1-8-3-9(10-4-13(16)18-6-12(10)23-2)11(5-17-8)14(22)20-15-21-19-7-24-15;1-5-7-8-10(6-2)11(3,4)9-12;2*1-2;/h3-6H,1-2H3,(H,20,21,22);6-8H,1,5H2,2-4H3;1-2H3;1-2H;/q2*-1;;;+2/b;8-7-,10-6+;;;. The molecular weight excluding hydrogens is 782 g/mol. The summed E-state index contributed by atoms with van der Waals surface area (Å²) in [4.78, 5) is 20.8. The molecule has 3 aromatic rings. The first-order valence-electron chi connectivity index (χ1n) is 12.2. The van der Waals surface area contributed by atoms with Crippen LogP contribution >= 0.6 is 22.9 Å². The summed E-state index contributed by atoms with van der Waals surface area (Å²) in [5, 5.41) is 19.5. The smallest absolute Gasteiger partial charge is 0.494 e. The first-order valence-corrected chi connectivity index (χ1v) is 13.4. The summed E-state index contributed by atoms with van der Waals surface area (Å²) in [7, 11) is 1.53. The van der Waals surface area contributed by atoms with Gasteiger partial charge in [0.25, 0.3) is 0 Å². The van der Waals surface area contributed by atoms with Gasteiger partial charge in [-0.2, -0.15) is 11.7 Å². The molecule has 0 saturated carbocycles. The van der Waals surface area contributed by atoms with Crippen LogP contribution in [0.5, 0.6) is 5.75 Å². The molecule has 0 atom stereocenters. The molecule has 0 aliphatic heterocycles. The first kappa shape index (κ1) is 40.1. The number of amides is 1. The van der Waals surface area contributed by atoms with E-state index >= 15 is 0 Å². The predicted octanol–water partition coefficient (Wildman–Crippen LogP) is 7.56. The Bertz CT molecular complexity index is 1330. The molecule has 0 aliphatic rings. The Kier molecular flexibility index (Phi) is 21.3. The van der Waals surface area contributed by atoms with Gasteiger partial charge in [-0.1, -0.05) is 43.1 Å². The molecule has 0 fully saturated rings. The van der Waals surface area contributed by atoms with Crippen molar-refractivity contribution in [3.05, 3.63) is 77.2 Å². The number of ether oxygens (including phenoxy) is 1. The number of nitrogens with one attached hydrogen (secondary N) is 1. The van der Waals surface area contributed by atoms with E-state index in [9.17, 15) is 4.79 Å². The SMILES string of the molecule is C#C.CC.COc1cnc(Cl)cc1-c1cc(C)ncc1C(=O)Nc1nn[c-]s1.[CH2-]C/C=C\C(=C/C)C(C)(C)C#N.[U+2]. The summed E-state index contributed by atoms with van der Waals surface area (Å²) < 4.78 is 5.34. The molecule has 3 heterocycles. The normalized spacial score (nSPS) is 10.2. The molecular formula is C30H35ClN6O2SU. The van der Waals surface area contributed by atoms with Gasteiger partial charge in [-0.25, -0.2) is 10.1 Å². The molecule has 0 aromatic carbocycles. The molecule has 3 rings (SSSR count). The molecule has 0 bridgehead atoms. The quantitative estimate of drug-likeness (QED) is 0.113. The van der Waals surface area contributed by atoms with Gasteiger partial charge in [0.15, 0.2) is 0 Å². The van der Waals surface area contributed by atoms with Crippen LogP contribution in [0.25, 0.3) is 11.1 Å². The maximum absolute atomic E-state index is 12.6. The largest absolute Gasteiger partial charge is 2.00 e. The number of nitrogens with zero attached hydrogens (tertiary/aromatic N) is 5. The van der Waals surface area contributed by atoms with Crippen molar-refractivity contribution in [3.8, 4) is 35.8 Å². The molecule has 0 aliphatic carbocycles. The zero-order valence-corrected chi connectivity index (χ0v) is 30.2. The maximum Gasteiger partial charge on any atom is 2.00 e. The second-order valence-electron chi connectivity index (χ2n) is 7.90. The third kappa shape index (κ3) is 13.0. The number of hydrogen-bond acceptors (Lipinski definition) is 8. The van der Waals surface area contributed by atoms with E-state index in [0.29, 0.717) is 32.7 Å². The van der Waals surface area contributed by atoms with E-state index in [1.165, 1.54) is 19.5 Å². The minimum atomic E-state index is -0.388. The second kappa shape index (κ2) is 21.7. The van der Waals surface area contributed by atoms with Crippen molar-refractivity contribution in [2.45, 2.75) is 48.0 Å². The van der Waals surface area contributed by atoms with Crippen molar-refractivity contribution in [2.75, 3.05) is 12.4 Å². The van der Waals surface area contributed by atoms with Gasteiger partial charge in [0.1, 0.15) is 10.9 Å². The summed E-state index contributed by atoms with van der Waals surface area (Å²) in [6.45, 7) is 15.3. The number of halogens is 1.